The number of carboxylic acids is 1. The van der Waals surface area contributed by atoms with E-state index in [0.717, 1.165) is 16.9 Å². The van der Waals surface area contributed by atoms with Gasteiger partial charge in [0.15, 0.2) is 5.17 Å². The van der Waals surface area contributed by atoms with Gasteiger partial charge in [-0.3, -0.25) is 9.69 Å². The Kier molecular flexibility index (Phi) is 5.84. The normalized spacial score (nSPS) is 15.9. The van der Waals surface area contributed by atoms with E-state index < -0.39 is 5.97 Å². The fraction of sp³-hybridized carbons (Fsp3) is 0. The fourth-order valence-electron chi connectivity index (χ4n) is 3.46. The molecule has 3 aromatic carbocycles. The number of amidine groups is 1. The molecule has 0 bridgehead atoms. The summed E-state index contributed by atoms with van der Waals surface area (Å²) in [4.78, 5) is 31.2. The first kappa shape index (κ1) is 21.5. The zero-order valence-electron chi connectivity index (χ0n) is 17.8. The van der Waals surface area contributed by atoms with Crippen LogP contribution in [0.2, 0.25) is 0 Å². The van der Waals surface area contributed by atoms with Crippen molar-refractivity contribution < 1.29 is 19.1 Å². The molecule has 6 nitrogen and oxygen atoms in total. The second-order valence-electron chi connectivity index (χ2n) is 7.40. The van der Waals surface area contributed by atoms with E-state index in [1.807, 2.05) is 60.7 Å². The van der Waals surface area contributed by atoms with Gasteiger partial charge in [0.1, 0.15) is 11.5 Å². The number of carboxylic acid groups (broad SMARTS) is 1. The Morgan fingerprint density at radius 1 is 0.882 bits per heavy atom. The first-order chi connectivity index (χ1) is 16.6. The number of hydrogen-bond donors (Lipinski definition) is 1. The molecule has 0 saturated carbocycles. The van der Waals surface area contributed by atoms with E-state index in [1.54, 1.807) is 35.2 Å². The van der Waals surface area contributed by atoms with Crippen molar-refractivity contribution in [2.24, 2.45) is 4.99 Å². The van der Waals surface area contributed by atoms with Gasteiger partial charge in [-0.25, -0.2) is 9.79 Å². The van der Waals surface area contributed by atoms with Crippen LogP contribution in [0.5, 0.6) is 0 Å². The lowest BCUT2D eigenvalue weighted by molar-refractivity contribution is -0.113. The molecule has 0 radical (unpaired) electrons. The lowest BCUT2D eigenvalue weighted by atomic mass is 10.1. The zero-order valence-corrected chi connectivity index (χ0v) is 18.6. The average molecular weight is 467 g/mol. The van der Waals surface area contributed by atoms with Gasteiger partial charge in [0, 0.05) is 11.6 Å². The van der Waals surface area contributed by atoms with Crippen LogP contribution in [0.25, 0.3) is 17.4 Å². The largest absolute Gasteiger partial charge is 0.478 e. The summed E-state index contributed by atoms with van der Waals surface area (Å²) in [5.41, 5.74) is 2.44. The van der Waals surface area contributed by atoms with Crippen LogP contribution in [0.4, 0.5) is 11.4 Å². The molecule has 0 aliphatic carbocycles. The number of benzene rings is 3. The molecule has 1 fully saturated rings. The average Bonchev–Trinajstić information content (AvgIpc) is 3.45. The summed E-state index contributed by atoms with van der Waals surface area (Å²) >= 11 is 1.28. The Morgan fingerprint density at radius 2 is 1.56 bits per heavy atom. The van der Waals surface area contributed by atoms with Crippen LogP contribution in [0.1, 0.15) is 16.1 Å². The SMILES string of the molecule is O=C(O)c1ccc(-c2ccc(C=C3SC(=Nc4ccccc4)N(c4ccccc4)C3=O)o2)cc1. The molecule has 5 rings (SSSR count). The lowest BCUT2D eigenvalue weighted by Crippen LogP contribution is -2.28. The molecule has 0 spiro atoms. The van der Waals surface area contributed by atoms with Crippen LogP contribution in [-0.2, 0) is 4.79 Å². The number of hydrogen-bond acceptors (Lipinski definition) is 5. The maximum atomic E-state index is 13.3. The number of rotatable bonds is 5. The second kappa shape index (κ2) is 9.25. The minimum Gasteiger partial charge on any atom is -0.478 e. The maximum Gasteiger partial charge on any atom is 0.335 e. The number of carbonyl (C=O) groups is 2. The van der Waals surface area contributed by atoms with Crippen LogP contribution in [0, 0.1) is 0 Å². The minimum atomic E-state index is -0.982. The van der Waals surface area contributed by atoms with Gasteiger partial charge in [-0.05, 0) is 60.3 Å². The van der Waals surface area contributed by atoms with Crippen LogP contribution >= 0.6 is 11.8 Å². The standard InChI is InChI=1S/C27H18N2O4S/c30-25-24(17-22-15-16-23(33-22)18-11-13-19(14-12-18)26(31)32)34-27(28-20-7-3-1-4-8-20)29(25)21-9-5-2-6-10-21/h1-17H,(H,31,32). The van der Waals surface area contributed by atoms with Gasteiger partial charge >= 0.3 is 5.97 Å². The third kappa shape index (κ3) is 4.42. The molecule has 166 valence electrons. The van der Waals surface area contributed by atoms with Crippen LogP contribution in [-0.4, -0.2) is 22.2 Å². The molecule has 0 atom stereocenters. The molecule has 4 aromatic rings. The first-order valence-electron chi connectivity index (χ1n) is 10.4. The quantitative estimate of drug-likeness (QED) is 0.342. The highest BCUT2D eigenvalue weighted by atomic mass is 32.2. The molecule has 1 N–H and O–H groups in total. The summed E-state index contributed by atoms with van der Waals surface area (Å²) in [5, 5.41) is 9.63. The topological polar surface area (TPSA) is 83.1 Å². The summed E-state index contributed by atoms with van der Waals surface area (Å²) in [6.45, 7) is 0. The molecule has 34 heavy (non-hydrogen) atoms. The summed E-state index contributed by atoms with van der Waals surface area (Å²) in [6.07, 6.45) is 1.70. The Morgan fingerprint density at radius 3 is 2.24 bits per heavy atom. The molecule has 0 unspecified atom stereocenters. The summed E-state index contributed by atoms with van der Waals surface area (Å²) in [6, 6.07) is 28.9. The molecule has 1 aromatic heterocycles. The van der Waals surface area contributed by atoms with E-state index in [2.05, 4.69) is 0 Å². The van der Waals surface area contributed by atoms with E-state index in [4.69, 9.17) is 14.5 Å². The van der Waals surface area contributed by atoms with Gasteiger partial charge in [0.2, 0.25) is 0 Å². The number of anilines is 1. The van der Waals surface area contributed by atoms with E-state index in [-0.39, 0.29) is 11.5 Å². The predicted molar refractivity (Wildman–Crippen MR) is 134 cm³/mol. The Bertz CT molecular complexity index is 1410. The van der Waals surface area contributed by atoms with Gasteiger partial charge in [-0.15, -0.1) is 0 Å². The van der Waals surface area contributed by atoms with E-state index in [9.17, 15) is 9.59 Å². The number of para-hydroxylation sites is 2. The summed E-state index contributed by atoms with van der Waals surface area (Å²) in [7, 11) is 0. The predicted octanol–water partition coefficient (Wildman–Crippen LogP) is 6.45. The number of carbonyl (C=O) groups excluding carboxylic acids is 1. The smallest absolute Gasteiger partial charge is 0.335 e. The zero-order chi connectivity index (χ0) is 23.5. The maximum absolute atomic E-state index is 13.3. The van der Waals surface area contributed by atoms with Crippen LogP contribution in [0.15, 0.2) is 111 Å². The van der Waals surface area contributed by atoms with Gasteiger partial charge in [0.05, 0.1) is 21.8 Å². The molecule has 1 aliphatic heterocycles. The molecule has 1 amide bonds. The highest BCUT2D eigenvalue weighted by Gasteiger charge is 2.35. The van der Waals surface area contributed by atoms with Crippen molar-refractivity contribution >= 4 is 46.3 Å². The van der Waals surface area contributed by atoms with Gasteiger partial charge in [-0.1, -0.05) is 48.5 Å². The molecular weight excluding hydrogens is 448 g/mol. The van der Waals surface area contributed by atoms with Crippen molar-refractivity contribution in [1.29, 1.82) is 0 Å². The second-order valence-corrected chi connectivity index (χ2v) is 8.41. The van der Waals surface area contributed by atoms with Crippen molar-refractivity contribution in [2.75, 3.05) is 4.90 Å². The molecule has 1 saturated heterocycles. The summed E-state index contributed by atoms with van der Waals surface area (Å²) < 4.78 is 5.93. The van der Waals surface area contributed by atoms with Crippen molar-refractivity contribution in [1.82, 2.24) is 0 Å². The molecular formula is C27H18N2O4S. The number of aromatic carboxylic acids is 1. The highest BCUT2D eigenvalue weighted by molar-refractivity contribution is 8.19. The van der Waals surface area contributed by atoms with Gasteiger partial charge in [-0.2, -0.15) is 0 Å². The fourth-order valence-corrected chi connectivity index (χ4v) is 4.44. The third-order valence-corrected chi connectivity index (χ3v) is 6.09. The van der Waals surface area contributed by atoms with Crippen molar-refractivity contribution in [2.45, 2.75) is 0 Å². The van der Waals surface area contributed by atoms with E-state index in [1.165, 1.54) is 23.9 Å². The Labute approximate surface area is 199 Å². The van der Waals surface area contributed by atoms with Crippen molar-refractivity contribution in [3.8, 4) is 11.3 Å². The Balaban J connectivity index is 1.47. The molecule has 7 heteroatoms. The molecule has 2 heterocycles. The third-order valence-electron chi connectivity index (χ3n) is 5.12. The van der Waals surface area contributed by atoms with Crippen molar-refractivity contribution in [3.05, 3.63) is 113 Å². The first-order valence-corrected chi connectivity index (χ1v) is 11.3. The van der Waals surface area contributed by atoms with E-state index in [0.29, 0.717) is 21.6 Å². The summed E-state index contributed by atoms with van der Waals surface area (Å²) in [5.74, 6) is -0.0711. The minimum absolute atomic E-state index is 0.186. The monoisotopic (exact) mass is 466 g/mol. The molecule has 1 aliphatic rings. The number of furan rings is 1. The number of amides is 1. The van der Waals surface area contributed by atoms with Crippen molar-refractivity contribution in [3.63, 3.8) is 0 Å². The van der Waals surface area contributed by atoms with Crippen LogP contribution < -0.4 is 4.90 Å². The lowest BCUT2D eigenvalue weighted by Gasteiger charge is -2.15. The van der Waals surface area contributed by atoms with Crippen LogP contribution in [0.3, 0.4) is 0 Å². The highest BCUT2D eigenvalue weighted by Crippen LogP contribution is 2.37. The Hall–Kier alpha value is -4.36. The van der Waals surface area contributed by atoms with E-state index >= 15 is 0 Å². The number of thioether (sulfide) groups is 1. The number of nitrogens with zero attached hydrogens (tertiary/aromatic N) is 2. The number of aliphatic imine (C=N–C) groups is 1. The van der Waals surface area contributed by atoms with Gasteiger partial charge < -0.3 is 9.52 Å². The van der Waals surface area contributed by atoms with Gasteiger partial charge in [0.25, 0.3) is 5.91 Å².